The zero-order valence-corrected chi connectivity index (χ0v) is 22.4. The van der Waals surface area contributed by atoms with Crippen LogP contribution in [0, 0.1) is 0 Å². The fraction of sp³-hybridized carbons (Fsp3) is 0.0345. The second kappa shape index (κ2) is 12.8. The van der Waals surface area contributed by atoms with E-state index in [9.17, 15) is 9.59 Å². The minimum atomic E-state index is -0.510. The summed E-state index contributed by atoms with van der Waals surface area (Å²) in [4.78, 5) is 28.8. The molecular formula is C29H21ClN6O3S. The van der Waals surface area contributed by atoms with E-state index >= 15 is 0 Å². The average Bonchev–Trinajstić information content (AvgIpc) is 3.42. The number of pyridine rings is 1. The highest BCUT2D eigenvalue weighted by molar-refractivity contribution is 7.99. The second-order valence-electron chi connectivity index (χ2n) is 8.26. The van der Waals surface area contributed by atoms with Crippen molar-refractivity contribution in [3.63, 3.8) is 0 Å². The summed E-state index contributed by atoms with van der Waals surface area (Å²) < 4.78 is 7.27. The number of carbonyl (C=O) groups excluding carboxylic acids is 2. The highest BCUT2D eigenvalue weighted by atomic mass is 35.5. The Labute approximate surface area is 238 Å². The molecule has 9 nitrogen and oxygen atoms in total. The van der Waals surface area contributed by atoms with Crippen LogP contribution in [0.2, 0.25) is 5.02 Å². The van der Waals surface area contributed by atoms with Gasteiger partial charge in [0, 0.05) is 28.7 Å². The summed E-state index contributed by atoms with van der Waals surface area (Å²) in [7, 11) is 0. The van der Waals surface area contributed by atoms with Crippen molar-refractivity contribution in [3.05, 3.63) is 120 Å². The van der Waals surface area contributed by atoms with Crippen molar-refractivity contribution in [2.24, 2.45) is 5.10 Å². The SMILES string of the molecule is O=C(CSc1nnc(-c2ccncc2)n1-c1ccccc1)NN=Cc1ccc(OC(=O)c2cccc(Cl)c2)cc1. The molecule has 40 heavy (non-hydrogen) atoms. The molecule has 1 N–H and O–H groups in total. The average molecular weight is 569 g/mol. The molecule has 0 aliphatic carbocycles. The lowest BCUT2D eigenvalue weighted by Crippen LogP contribution is -2.20. The number of thioether (sulfide) groups is 1. The number of carbonyl (C=O) groups is 2. The van der Waals surface area contributed by atoms with Gasteiger partial charge in [-0.3, -0.25) is 14.3 Å². The first-order valence-electron chi connectivity index (χ1n) is 12.0. The van der Waals surface area contributed by atoms with Crippen LogP contribution in [0.3, 0.4) is 0 Å². The van der Waals surface area contributed by atoms with Gasteiger partial charge >= 0.3 is 5.97 Å². The molecule has 0 aliphatic rings. The summed E-state index contributed by atoms with van der Waals surface area (Å²) in [5.74, 6) is 0.287. The molecule has 1 amide bonds. The van der Waals surface area contributed by atoms with Crippen LogP contribution < -0.4 is 10.2 Å². The standard InChI is InChI=1S/C29H21ClN6O3S/c30-23-6-4-5-22(17-23)28(38)39-25-11-9-20(10-12-25)18-32-33-26(37)19-40-29-35-34-27(21-13-15-31-16-14-21)36(29)24-7-2-1-3-8-24/h1-18H,19H2,(H,33,37). The molecule has 0 saturated carbocycles. The number of rotatable bonds is 9. The number of aromatic nitrogens is 4. The highest BCUT2D eigenvalue weighted by Gasteiger charge is 2.17. The number of benzene rings is 3. The van der Waals surface area contributed by atoms with Crippen LogP contribution in [0.5, 0.6) is 5.75 Å². The van der Waals surface area contributed by atoms with Crippen LogP contribution >= 0.6 is 23.4 Å². The van der Waals surface area contributed by atoms with Crippen molar-refractivity contribution in [1.29, 1.82) is 0 Å². The lowest BCUT2D eigenvalue weighted by Gasteiger charge is -2.10. The summed E-state index contributed by atoms with van der Waals surface area (Å²) in [6.07, 6.45) is 4.89. The maximum Gasteiger partial charge on any atom is 0.343 e. The van der Waals surface area contributed by atoms with Crippen LogP contribution in [0.1, 0.15) is 15.9 Å². The number of hydrazone groups is 1. The molecule has 0 bridgehead atoms. The Kier molecular flexibility index (Phi) is 8.60. The second-order valence-corrected chi connectivity index (χ2v) is 9.64. The molecular weight excluding hydrogens is 548 g/mol. The molecule has 0 aliphatic heterocycles. The number of nitrogens with zero attached hydrogens (tertiary/aromatic N) is 5. The number of hydrogen-bond acceptors (Lipinski definition) is 8. The van der Waals surface area contributed by atoms with E-state index < -0.39 is 5.97 Å². The summed E-state index contributed by atoms with van der Waals surface area (Å²) in [5.41, 5.74) is 5.32. The third kappa shape index (κ3) is 6.79. The van der Waals surface area contributed by atoms with E-state index in [2.05, 4.69) is 25.7 Å². The lowest BCUT2D eigenvalue weighted by molar-refractivity contribution is -0.118. The van der Waals surface area contributed by atoms with Gasteiger partial charge in [-0.25, -0.2) is 10.2 Å². The summed E-state index contributed by atoms with van der Waals surface area (Å²) in [6, 6.07) is 26.6. The molecule has 0 spiro atoms. The fourth-order valence-electron chi connectivity index (χ4n) is 3.61. The number of nitrogens with one attached hydrogen (secondary N) is 1. The molecule has 2 heterocycles. The van der Waals surface area contributed by atoms with Gasteiger partial charge in [0.15, 0.2) is 11.0 Å². The van der Waals surface area contributed by atoms with Gasteiger partial charge in [-0.15, -0.1) is 10.2 Å². The molecule has 0 saturated heterocycles. The number of para-hydroxylation sites is 1. The zero-order valence-electron chi connectivity index (χ0n) is 20.8. The molecule has 198 valence electrons. The molecule has 11 heteroatoms. The van der Waals surface area contributed by atoms with Crippen LogP contribution in [0.25, 0.3) is 17.1 Å². The fourth-order valence-corrected chi connectivity index (χ4v) is 4.54. The summed E-state index contributed by atoms with van der Waals surface area (Å²) >= 11 is 7.18. The van der Waals surface area contributed by atoms with Gasteiger partial charge in [0.25, 0.3) is 5.91 Å². The molecule has 5 rings (SSSR count). The van der Waals surface area contributed by atoms with E-state index in [4.69, 9.17) is 16.3 Å². The van der Waals surface area contributed by atoms with Gasteiger partial charge in [-0.1, -0.05) is 47.6 Å². The number of hydrogen-bond donors (Lipinski definition) is 1. The third-order valence-electron chi connectivity index (χ3n) is 5.47. The van der Waals surface area contributed by atoms with Crippen molar-refractivity contribution in [3.8, 4) is 22.8 Å². The number of esters is 1. The van der Waals surface area contributed by atoms with Gasteiger partial charge < -0.3 is 4.74 Å². The predicted molar refractivity (Wildman–Crippen MR) is 154 cm³/mol. The molecule has 0 unspecified atom stereocenters. The molecule has 3 aromatic carbocycles. The number of amides is 1. The van der Waals surface area contributed by atoms with Crippen molar-refractivity contribution in [2.75, 3.05) is 5.75 Å². The van der Waals surface area contributed by atoms with Gasteiger partial charge in [0.1, 0.15) is 5.75 Å². The van der Waals surface area contributed by atoms with Crippen molar-refractivity contribution >= 4 is 41.5 Å². The highest BCUT2D eigenvalue weighted by Crippen LogP contribution is 2.27. The Morgan fingerprint density at radius 1 is 0.950 bits per heavy atom. The van der Waals surface area contributed by atoms with E-state index in [0.29, 0.717) is 32.9 Å². The Morgan fingerprint density at radius 3 is 2.48 bits per heavy atom. The van der Waals surface area contributed by atoms with Gasteiger partial charge in [-0.2, -0.15) is 5.10 Å². The van der Waals surface area contributed by atoms with Crippen LogP contribution in [0.15, 0.2) is 114 Å². The molecule has 0 radical (unpaired) electrons. The van der Waals surface area contributed by atoms with E-state index in [1.54, 1.807) is 54.9 Å². The largest absolute Gasteiger partial charge is 0.423 e. The van der Waals surface area contributed by atoms with Crippen LogP contribution in [0.4, 0.5) is 0 Å². The minimum Gasteiger partial charge on any atom is -0.423 e. The first-order chi connectivity index (χ1) is 19.6. The summed E-state index contributed by atoms with van der Waals surface area (Å²) in [5, 5.41) is 13.7. The topological polar surface area (TPSA) is 111 Å². The maximum absolute atomic E-state index is 12.5. The first-order valence-corrected chi connectivity index (χ1v) is 13.4. The quantitative estimate of drug-likeness (QED) is 0.0828. The smallest absolute Gasteiger partial charge is 0.343 e. The Balaban J connectivity index is 1.18. The predicted octanol–water partition coefficient (Wildman–Crippen LogP) is 5.44. The Morgan fingerprint density at radius 2 is 1.73 bits per heavy atom. The van der Waals surface area contributed by atoms with E-state index in [-0.39, 0.29) is 11.7 Å². The Hall–Kier alpha value is -4.80. The van der Waals surface area contributed by atoms with Crippen molar-refractivity contribution in [2.45, 2.75) is 5.16 Å². The monoisotopic (exact) mass is 568 g/mol. The molecule has 0 fully saturated rings. The van der Waals surface area contributed by atoms with Crippen LogP contribution in [-0.2, 0) is 4.79 Å². The molecule has 2 aromatic heterocycles. The zero-order chi connectivity index (χ0) is 27.7. The molecule has 5 aromatic rings. The van der Waals surface area contributed by atoms with Crippen molar-refractivity contribution in [1.82, 2.24) is 25.2 Å². The minimum absolute atomic E-state index is 0.0804. The van der Waals surface area contributed by atoms with Gasteiger partial charge in [0.05, 0.1) is 17.5 Å². The first kappa shape index (κ1) is 26.8. The van der Waals surface area contributed by atoms with E-state index in [0.717, 1.165) is 11.3 Å². The van der Waals surface area contributed by atoms with E-state index in [1.807, 2.05) is 47.0 Å². The van der Waals surface area contributed by atoms with Crippen LogP contribution in [-0.4, -0.2) is 43.6 Å². The van der Waals surface area contributed by atoms with E-state index in [1.165, 1.54) is 24.0 Å². The number of halogens is 1. The molecule has 0 atom stereocenters. The number of ether oxygens (including phenoxy) is 1. The summed E-state index contributed by atoms with van der Waals surface area (Å²) in [6.45, 7) is 0. The van der Waals surface area contributed by atoms with Crippen molar-refractivity contribution < 1.29 is 14.3 Å². The normalized spacial score (nSPS) is 10.9. The Bertz CT molecular complexity index is 1640. The lowest BCUT2D eigenvalue weighted by atomic mass is 10.2. The third-order valence-corrected chi connectivity index (χ3v) is 6.64. The van der Waals surface area contributed by atoms with Gasteiger partial charge in [-0.05, 0) is 72.3 Å². The van der Waals surface area contributed by atoms with Gasteiger partial charge in [0.2, 0.25) is 0 Å². The maximum atomic E-state index is 12.5.